The molecule has 1 amide bonds. The molecule has 1 unspecified atom stereocenters. The van der Waals surface area contributed by atoms with Crippen LogP contribution >= 0.6 is 11.6 Å². The predicted molar refractivity (Wildman–Crippen MR) is 79.5 cm³/mol. The molecule has 2 N–H and O–H groups in total. The summed E-state index contributed by atoms with van der Waals surface area (Å²) in [5, 5.41) is 3.55. The molecule has 0 aliphatic rings. The molecule has 0 spiro atoms. The third-order valence-corrected chi connectivity index (χ3v) is 3.38. The Bertz CT molecular complexity index is 566. The maximum atomic E-state index is 12.4. The summed E-state index contributed by atoms with van der Waals surface area (Å²) in [4.78, 5) is 19.4. The average Bonchev–Trinajstić information content (AvgIpc) is 2.89. The Kier molecular flexibility index (Phi) is 4.79. The van der Waals surface area contributed by atoms with Crippen molar-refractivity contribution in [2.45, 2.75) is 26.3 Å². The van der Waals surface area contributed by atoms with E-state index in [0.717, 1.165) is 11.4 Å². The maximum Gasteiger partial charge on any atom is 0.228 e. The number of benzene rings is 1. The van der Waals surface area contributed by atoms with E-state index in [1.54, 1.807) is 12.4 Å². The van der Waals surface area contributed by atoms with Crippen molar-refractivity contribution in [2.24, 2.45) is 5.92 Å². The first-order chi connectivity index (χ1) is 9.58. The zero-order valence-corrected chi connectivity index (χ0v) is 12.3. The Balaban J connectivity index is 2.10. The molecular formula is C15H18ClN3O. The third kappa shape index (κ3) is 3.61. The topological polar surface area (TPSA) is 57.8 Å². The number of H-pyrrole nitrogens is 1. The zero-order chi connectivity index (χ0) is 14.5. The molecule has 0 saturated heterocycles. The Morgan fingerprint density at radius 2 is 2.25 bits per heavy atom. The van der Waals surface area contributed by atoms with Crippen LogP contribution in [-0.4, -0.2) is 15.9 Å². The number of hydrogen-bond acceptors (Lipinski definition) is 2. The first-order valence-corrected chi connectivity index (χ1v) is 6.97. The second-order valence-electron chi connectivity index (χ2n) is 5.03. The summed E-state index contributed by atoms with van der Waals surface area (Å²) in [5.41, 5.74) is 0.935. The molecule has 1 atom stereocenters. The van der Waals surface area contributed by atoms with Crippen molar-refractivity contribution < 1.29 is 4.79 Å². The highest BCUT2D eigenvalue weighted by atomic mass is 35.5. The van der Waals surface area contributed by atoms with Crippen molar-refractivity contribution in [2.75, 3.05) is 0 Å². The van der Waals surface area contributed by atoms with Gasteiger partial charge >= 0.3 is 0 Å². The van der Waals surface area contributed by atoms with E-state index >= 15 is 0 Å². The van der Waals surface area contributed by atoms with Crippen LogP contribution in [-0.2, 0) is 11.3 Å². The van der Waals surface area contributed by atoms with Gasteiger partial charge in [0, 0.05) is 17.4 Å². The summed E-state index contributed by atoms with van der Waals surface area (Å²) in [6, 6.07) is 7.46. The van der Waals surface area contributed by atoms with E-state index < -0.39 is 0 Å². The van der Waals surface area contributed by atoms with Crippen LogP contribution in [0, 0.1) is 5.92 Å². The lowest BCUT2D eigenvalue weighted by Crippen LogP contribution is -2.32. The molecule has 1 aromatic carbocycles. The zero-order valence-electron chi connectivity index (χ0n) is 11.6. The number of nitrogens with zero attached hydrogens (tertiary/aromatic N) is 1. The molecule has 0 fully saturated rings. The van der Waals surface area contributed by atoms with Crippen LogP contribution in [0.15, 0.2) is 36.7 Å². The highest BCUT2D eigenvalue weighted by Gasteiger charge is 2.24. The molecule has 5 heteroatoms. The average molecular weight is 292 g/mol. The minimum absolute atomic E-state index is 0.0151. The smallest absolute Gasteiger partial charge is 0.228 e. The summed E-state index contributed by atoms with van der Waals surface area (Å²) in [5.74, 6) is 0.694. The summed E-state index contributed by atoms with van der Waals surface area (Å²) < 4.78 is 0. The molecular weight excluding hydrogens is 274 g/mol. The number of halogens is 1. The molecule has 1 aromatic heterocycles. The molecule has 0 radical (unpaired) electrons. The van der Waals surface area contributed by atoms with Crippen LogP contribution in [0.5, 0.6) is 0 Å². The monoisotopic (exact) mass is 291 g/mol. The summed E-state index contributed by atoms with van der Waals surface area (Å²) in [6.07, 6.45) is 3.40. The fourth-order valence-electron chi connectivity index (χ4n) is 2.21. The molecule has 0 saturated carbocycles. The van der Waals surface area contributed by atoms with E-state index in [1.807, 2.05) is 38.1 Å². The molecule has 0 bridgehead atoms. The van der Waals surface area contributed by atoms with Gasteiger partial charge in [-0.25, -0.2) is 4.98 Å². The molecule has 2 rings (SSSR count). The minimum atomic E-state index is -0.219. The van der Waals surface area contributed by atoms with Gasteiger partial charge in [0.2, 0.25) is 5.91 Å². The van der Waals surface area contributed by atoms with Crippen LogP contribution in [0.25, 0.3) is 0 Å². The summed E-state index contributed by atoms with van der Waals surface area (Å²) >= 11 is 6.01. The molecule has 1 heterocycles. The van der Waals surface area contributed by atoms with Gasteiger partial charge in [0.05, 0.1) is 12.5 Å². The van der Waals surface area contributed by atoms with Crippen molar-refractivity contribution in [1.29, 1.82) is 0 Å². The summed E-state index contributed by atoms with van der Waals surface area (Å²) in [7, 11) is 0. The fourth-order valence-corrected chi connectivity index (χ4v) is 2.41. The van der Waals surface area contributed by atoms with Crippen molar-refractivity contribution >= 4 is 17.5 Å². The van der Waals surface area contributed by atoms with Crippen molar-refractivity contribution in [1.82, 2.24) is 15.3 Å². The summed E-state index contributed by atoms with van der Waals surface area (Å²) in [6.45, 7) is 4.45. The van der Waals surface area contributed by atoms with Crippen molar-refractivity contribution in [3.8, 4) is 0 Å². The third-order valence-electron chi connectivity index (χ3n) is 3.14. The van der Waals surface area contributed by atoms with Gasteiger partial charge in [-0.2, -0.15) is 0 Å². The van der Waals surface area contributed by atoms with Crippen LogP contribution < -0.4 is 5.32 Å². The molecule has 0 aliphatic carbocycles. The van der Waals surface area contributed by atoms with Gasteiger partial charge in [0.25, 0.3) is 0 Å². The lowest BCUT2D eigenvalue weighted by Gasteiger charge is -2.20. The highest BCUT2D eigenvalue weighted by molar-refractivity contribution is 6.30. The SMILES string of the molecule is CC(C)C(C(=O)NCc1ncc[nH]1)c1cccc(Cl)c1. The number of carbonyl (C=O) groups is 1. The van der Waals surface area contributed by atoms with Crippen LogP contribution in [0.1, 0.15) is 31.2 Å². The molecule has 0 aliphatic heterocycles. The van der Waals surface area contributed by atoms with Crippen molar-refractivity contribution in [3.63, 3.8) is 0 Å². The van der Waals surface area contributed by atoms with Crippen LogP contribution in [0.4, 0.5) is 0 Å². The molecule has 2 aromatic rings. The predicted octanol–water partition coefficient (Wildman–Crippen LogP) is 3.12. The Hall–Kier alpha value is -1.81. The molecule has 20 heavy (non-hydrogen) atoms. The van der Waals surface area contributed by atoms with E-state index in [0.29, 0.717) is 11.6 Å². The quantitative estimate of drug-likeness (QED) is 0.889. The number of carbonyl (C=O) groups excluding carboxylic acids is 1. The molecule has 106 valence electrons. The van der Waals surface area contributed by atoms with E-state index in [1.165, 1.54) is 0 Å². The number of rotatable bonds is 5. The number of aromatic nitrogens is 2. The number of amides is 1. The van der Waals surface area contributed by atoms with Gasteiger partial charge < -0.3 is 10.3 Å². The first kappa shape index (κ1) is 14.6. The second kappa shape index (κ2) is 6.57. The van der Waals surface area contributed by atoms with E-state index in [4.69, 9.17) is 11.6 Å². The van der Waals surface area contributed by atoms with Gasteiger partial charge in [0.1, 0.15) is 5.82 Å². The van der Waals surface area contributed by atoms with E-state index in [9.17, 15) is 4.79 Å². The standard InChI is InChI=1S/C15H18ClN3O/c1-10(2)14(11-4-3-5-12(16)8-11)15(20)19-9-13-17-6-7-18-13/h3-8,10,14H,9H2,1-2H3,(H,17,18)(H,19,20). The van der Waals surface area contributed by atoms with Crippen LogP contribution in [0.3, 0.4) is 0 Å². The van der Waals surface area contributed by atoms with Gasteiger partial charge in [-0.15, -0.1) is 0 Å². The largest absolute Gasteiger partial charge is 0.348 e. The van der Waals surface area contributed by atoms with Crippen LogP contribution in [0.2, 0.25) is 5.02 Å². The van der Waals surface area contributed by atoms with Crippen molar-refractivity contribution in [3.05, 3.63) is 53.1 Å². The normalized spacial score (nSPS) is 12.4. The van der Waals surface area contributed by atoms with Gasteiger partial charge in [-0.1, -0.05) is 37.6 Å². The number of nitrogens with one attached hydrogen (secondary N) is 2. The first-order valence-electron chi connectivity index (χ1n) is 6.59. The van der Waals surface area contributed by atoms with Gasteiger partial charge in [-0.3, -0.25) is 4.79 Å². The Morgan fingerprint density at radius 3 is 2.85 bits per heavy atom. The number of aromatic amines is 1. The Labute approximate surface area is 123 Å². The lowest BCUT2D eigenvalue weighted by atomic mass is 9.87. The maximum absolute atomic E-state index is 12.4. The van der Waals surface area contributed by atoms with E-state index in [2.05, 4.69) is 15.3 Å². The van der Waals surface area contributed by atoms with E-state index in [-0.39, 0.29) is 17.7 Å². The fraction of sp³-hybridized carbons (Fsp3) is 0.333. The van der Waals surface area contributed by atoms with Gasteiger partial charge in [0.15, 0.2) is 0 Å². The molecule has 4 nitrogen and oxygen atoms in total. The minimum Gasteiger partial charge on any atom is -0.348 e. The van der Waals surface area contributed by atoms with Gasteiger partial charge in [-0.05, 0) is 23.6 Å². The number of hydrogen-bond donors (Lipinski definition) is 2. The number of imidazole rings is 1. The lowest BCUT2D eigenvalue weighted by molar-refractivity contribution is -0.123. The highest BCUT2D eigenvalue weighted by Crippen LogP contribution is 2.26. The second-order valence-corrected chi connectivity index (χ2v) is 5.47. The Morgan fingerprint density at radius 1 is 1.45 bits per heavy atom.